The number of thiocarbonyl (C=S) groups is 1. The first kappa shape index (κ1) is 22.6. The van der Waals surface area contributed by atoms with Gasteiger partial charge in [0, 0.05) is 12.7 Å². The second-order valence-electron chi connectivity index (χ2n) is 7.07. The molecule has 0 saturated carbocycles. The maximum Gasteiger partial charge on any atom is 0.338 e. The molecule has 164 valence electrons. The van der Waals surface area contributed by atoms with Gasteiger partial charge in [-0.25, -0.2) is 4.79 Å². The van der Waals surface area contributed by atoms with E-state index in [0.717, 1.165) is 16.8 Å². The van der Waals surface area contributed by atoms with Crippen molar-refractivity contribution in [2.24, 2.45) is 0 Å². The average molecular weight is 441 g/mol. The highest BCUT2D eigenvalue weighted by Crippen LogP contribution is 2.36. The molecule has 0 amide bonds. The van der Waals surface area contributed by atoms with Gasteiger partial charge in [-0.2, -0.15) is 0 Å². The molecule has 0 fully saturated rings. The minimum absolute atomic E-state index is 0.299. The van der Waals surface area contributed by atoms with Crippen molar-refractivity contribution in [1.29, 1.82) is 0 Å². The highest BCUT2D eigenvalue weighted by Gasteiger charge is 2.33. The molecule has 31 heavy (non-hydrogen) atoms. The van der Waals surface area contributed by atoms with Gasteiger partial charge in [-0.1, -0.05) is 36.4 Å². The SMILES string of the molecule is CCOC(=O)C1=C(C)N(C)C(=S)N[C@@H]1c1ccc(OCc2ccccc2)c(OCC)c1. The van der Waals surface area contributed by atoms with Crippen molar-refractivity contribution in [3.63, 3.8) is 0 Å². The summed E-state index contributed by atoms with van der Waals surface area (Å²) in [4.78, 5) is 14.5. The summed E-state index contributed by atoms with van der Waals surface area (Å²) in [7, 11) is 1.83. The van der Waals surface area contributed by atoms with Crippen molar-refractivity contribution in [3.8, 4) is 11.5 Å². The van der Waals surface area contributed by atoms with E-state index in [0.29, 0.717) is 42.0 Å². The molecule has 0 bridgehead atoms. The van der Waals surface area contributed by atoms with Crippen LogP contribution >= 0.6 is 12.2 Å². The Morgan fingerprint density at radius 2 is 1.81 bits per heavy atom. The van der Waals surface area contributed by atoms with Crippen LogP contribution in [0.3, 0.4) is 0 Å². The minimum atomic E-state index is -0.440. The highest BCUT2D eigenvalue weighted by atomic mass is 32.1. The molecule has 0 aliphatic carbocycles. The lowest BCUT2D eigenvalue weighted by Crippen LogP contribution is -2.46. The number of hydrogen-bond acceptors (Lipinski definition) is 5. The van der Waals surface area contributed by atoms with Crippen LogP contribution in [0.5, 0.6) is 11.5 Å². The molecule has 1 heterocycles. The van der Waals surface area contributed by atoms with Gasteiger partial charge in [0.2, 0.25) is 0 Å². The molecule has 0 aromatic heterocycles. The molecular weight excluding hydrogens is 412 g/mol. The number of esters is 1. The molecule has 0 spiro atoms. The molecule has 1 aliphatic rings. The third kappa shape index (κ3) is 5.17. The number of rotatable bonds is 8. The molecular formula is C24H28N2O4S. The summed E-state index contributed by atoms with van der Waals surface area (Å²) in [5.41, 5.74) is 3.20. The first-order valence-electron chi connectivity index (χ1n) is 10.3. The van der Waals surface area contributed by atoms with Crippen LogP contribution in [0.25, 0.3) is 0 Å². The molecule has 2 aromatic carbocycles. The monoisotopic (exact) mass is 440 g/mol. The Morgan fingerprint density at radius 1 is 1.06 bits per heavy atom. The van der Waals surface area contributed by atoms with Crippen molar-refractivity contribution >= 4 is 23.3 Å². The number of carbonyl (C=O) groups excluding carboxylic acids is 1. The van der Waals surface area contributed by atoms with Crippen LogP contribution in [0.1, 0.15) is 37.9 Å². The fraction of sp³-hybridized carbons (Fsp3) is 0.333. The number of ether oxygens (including phenoxy) is 3. The van der Waals surface area contributed by atoms with Crippen molar-refractivity contribution in [1.82, 2.24) is 10.2 Å². The topological polar surface area (TPSA) is 60.0 Å². The van der Waals surface area contributed by atoms with Crippen LogP contribution < -0.4 is 14.8 Å². The predicted molar refractivity (Wildman–Crippen MR) is 124 cm³/mol. The third-order valence-corrected chi connectivity index (χ3v) is 5.48. The number of benzene rings is 2. The fourth-order valence-corrected chi connectivity index (χ4v) is 3.64. The van der Waals surface area contributed by atoms with Gasteiger partial charge < -0.3 is 24.4 Å². The summed E-state index contributed by atoms with van der Waals surface area (Å²) in [6.45, 7) is 6.80. The van der Waals surface area contributed by atoms with Gasteiger partial charge in [0.05, 0.1) is 24.8 Å². The van der Waals surface area contributed by atoms with E-state index in [1.807, 2.05) is 69.4 Å². The maximum atomic E-state index is 12.7. The zero-order chi connectivity index (χ0) is 22.4. The van der Waals surface area contributed by atoms with E-state index in [1.165, 1.54) is 0 Å². The van der Waals surface area contributed by atoms with E-state index in [4.69, 9.17) is 26.4 Å². The van der Waals surface area contributed by atoms with Gasteiger partial charge in [0.15, 0.2) is 16.6 Å². The predicted octanol–water partition coefficient (Wildman–Crippen LogP) is 4.36. The quantitative estimate of drug-likeness (QED) is 0.483. The summed E-state index contributed by atoms with van der Waals surface area (Å²) < 4.78 is 17.2. The summed E-state index contributed by atoms with van der Waals surface area (Å²) >= 11 is 5.46. The molecule has 0 unspecified atom stereocenters. The smallest absolute Gasteiger partial charge is 0.338 e. The van der Waals surface area contributed by atoms with E-state index in [1.54, 1.807) is 11.8 Å². The van der Waals surface area contributed by atoms with Gasteiger partial charge in [-0.05, 0) is 56.2 Å². The van der Waals surface area contributed by atoms with Crippen LogP contribution in [-0.4, -0.2) is 36.2 Å². The van der Waals surface area contributed by atoms with Crippen LogP contribution in [0.15, 0.2) is 59.8 Å². The van der Waals surface area contributed by atoms with Crippen molar-refractivity contribution in [3.05, 3.63) is 70.9 Å². The second-order valence-corrected chi connectivity index (χ2v) is 7.46. The van der Waals surface area contributed by atoms with Crippen molar-refractivity contribution < 1.29 is 19.0 Å². The third-order valence-electron chi connectivity index (χ3n) is 5.09. The number of nitrogens with one attached hydrogen (secondary N) is 1. The second kappa shape index (κ2) is 10.3. The fourth-order valence-electron chi connectivity index (χ4n) is 3.39. The zero-order valence-electron chi connectivity index (χ0n) is 18.3. The first-order chi connectivity index (χ1) is 15.0. The van der Waals surface area contributed by atoms with Gasteiger partial charge in [0.25, 0.3) is 0 Å². The normalized spacial score (nSPS) is 16.1. The molecule has 3 rings (SSSR count). The Balaban J connectivity index is 1.94. The van der Waals surface area contributed by atoms with Crippen LogP contribution in [0.2, 0.25) is 0 Å². The molecule has 0 saturated heterocycles. The van der Waals surface area contributed by atoms with Crippen molar-refractivity contribution in [2.75, 3.05) is 20.3 Å². The summed E-state index contributed by atoms with van der Waals surface area (Å²) in [6, 6.07) is 15.2. The molecule has 1 N–H and O–H groups in total. The van der Waals surface area contributed by atoms with Gasteiger partial charge in [-0.3, -0.25) is 0 Å². The average Bonchev–Trinajstić information content (AvgIpc) is 2.77. The Hall–Kier alpha value is -3.06. The molecule has 0 radical (unpaired) electrons. The summed E-state index contributed by atoms with van der Waals surface area (Å²) in [5.74, 6) is 0.890. The van der Waals surface area contributed by atoms with E-state index >= 15 is 0 Å². The van der Waals surface area contributed by atoms with Crippen LogP contribution in [0.4, 0.5) is 0 Å². The summed E-state index contributed by atoms with van der Waals surface area (Å²) in [6.07, 6.45) is 0. The Kier molecular flexibility index (Phi) is 7.52. The van der Waals surface area contributed by atoms with E-state index in [-0.39, 0.29) is 5.97 Å². The Bertz CT molecular complexity index is 975. The number of nitrogens with zero attached hydrogens (tertiary/aromatic N) is 1. The number of carbonyl (C=O) groups is 1. The molecule has 6 nitrogen and oxygen atoms in total. The standard InChI is InChI=1S/C24H28N2O4S/c1-5-28-20-14-18(12-13-19(20)30-15-17-10-8-7-9-11-17)22-21(23(27)29-6-2)16(3)26(4)24(31)25-22/h7-14,22H,5-6,15H2,1-4H3,(H,25,31)/t22-/m1/s1. The van der Waals surface area contributed by atoms with Gasteiger partial charge in [0.1, 0.15) is 6.61 Å². The lowest BCUT2D eigenvalue weighted by molar-refractivity contribution is -0.139. The lowest BCUT2D eigenvalue weighted by atomic mass is 9.95. The minimum Gasteiger partial charge on any atom is -0.490 e. The number of allylic oxidation sites excluding steroid dienone is 1. The largest absolute Gasteiger partial charge is 0.490 e. The molecule has 1 aliphatic heterocycles. The zero-order valence-corrected chi connectivity index (χ0v) is 19.1. The van der Waals surface area contributed by atoms with E-state index in [2.05, 4.69) is 5.32 Å². The molecule has 7 heteroatoms. The molecule has 2 aromatic rings. The van der Waals surface area contributed by atoms with Crippen LogP contribution in [0, 0.1) is 0 Å². The molecule has 1 atom stereocenters. The van der Waals surface area contributed by atoms with Crippen LogP contribution in [-0.2, 0) is 16.1 Å². The lowest BCUT2D eigenvalue weighted by Gasteiger charge is -2.35. The van der Waals surface area contributed by atoms with Gasteiger partial charge >= 0.3 is 5.97 Å². The highest BCUT2D eigenvalue weighted by molar-refractivity contribution is 7.80. The number of hydrogen-bond donors (Lipinski definition) is 1. The van der Waals surface area contributed by atoms with E-state index in [9.17, 15) is 4.79 Å². The first-order valence-corrected chi connectivity index (χ1v) is 10.7. The Labute approximate surface area is 188 Å². The van der Waals surface area contributed by atoms with Crippen molar-refractivity contribution in [2.45, 2.75) is 33.4 Å². The Morgan fingerprint density at radius 3 is 2.48 bits per heavy atom. The summed E-state index contributed by atoms with van der Waals surface area (Å²) in [5, 5.41) is 3.79. The van der Waals surface area contributed by atoms with E-state index < -0.39 is 6.04 Å². The maximum absolute atomic E-state index is 12.7. The van der Waals surface area contributed by atoms with Gasteiger partial charge in [-0.15, -0.1) is 0 Å².